The van der Waals surface area contributed by atoms with E-state index in [4.69, 9.17) is 17.3 Å². The number of hydrogen-bond donors (Lipinski definition) is 2. The lowest BCUT2D eigenvalue weighted by molar-refractivity contribution is 1.09. The number of benzene rings is 1. The second-order valence-electron chi connectivity index (χ2n) is 4.48. The average molecular weight is 285 g/mol. The van der Waals surface area contributed by atoms with Crippen molar-refractivity contribution in [1.82, 2.24) is 15.2 Å². The Labute approximate surface area is 121 Å². The van der Waals surface area contributed by atoms with Crippen molar-refractivity contribution < 1.29 is 0 Å². The zero-order valence-corrected chi connectivity index (χ0v) is 11.6. The maximum atomic E-state index is 6.27. The summed E-state index contributed by atoms with van der Waals surface area (Å²) >= 11 is 6.27. The predicted molar refractivity (Wildman–Crippen MR) is 81.4 cm³/mol. The number of hydrogen-bond acceptors (Lipinski definition) is 3. The molecule has 0 aliphatic rings. The SMILES string of the molecule is Cc1ncccc1-c1[nH]nc(N)c1-c1ccccc1Cl. The third-order valence-electron chi connectivity index (χ3n) is 3.21. The number of H-pyrrole nitrogens is 1. The molecule has 0 fully saturated rings. The molecule has 3 rings (SSSR count). The monoisotopic (exact) mass is 284 g/mol. The minimum absolute atomic E-state index is 0.427. The van der Waals surface area contributed by atoms with E-state index in [1.165, 1.54) is 0 Å². The summed E-state index contributed by atoms with van der Waals surface area (Å²) < 4.78 is 0. The maximum absolute atomic E-state index is 6.27. The number of anilines is 1. The summed E-state index contributed by atoms with van der Waals surface area (Å²) in [5.74, 6) is 0.427. The number of halogens is 1. The first kappa shape index (κ1) is 12.7. The van der Waals surface area contributed by atoms with Gasteiger partial charge in [-0.3, -0.25) is 10.1 Å². The summed E-state index contributed by atoms with van der Waals surface area (Å²) in [7, 11) is 0. The van der Waals surface area contributed by atoms with Crippen LogP contribution >= 0.6 is 11.6 Å². The first-order valence-electron chi connectivity index (χ1n) is 6.19. The molecule has 0 saturated carbocycles. The fourth-order valence-corrected chi connectivity index (χ4v) is 2.47. The molecular weight excluding hydrogens is 272 g/mol. The molecule has 0 aliphatic heterocycles. The van der Waals surface area contributed by atoms with Crippen LogP contribution in [0.4, 0.5) is 5.82 Å². The van der Waals surface area contributed by atoms with E-state index in [1.807, 2.05) is 43.3 Å². The van der Waals surface area contributed by atoms with E-state index in [9.17, 15) is 0 Å². The Morgan fingerprint density at radius 1 is 1.10 bits per heavy atom. The highest BCUT2D eigenvalue weighted by Crippen LogP contribution is 2.38. The number of nitrogen functional groups attached to an aromatic ring is 1. The predicted octanol–water partition coefficient (Wildman–Crippen LogP) is 3.68. The summed E-state index contributed by atoms with van der Waals surface area (Å²) in [6.45, 7) is 1.95. The highest BCUT2D eigenvalue weighted by molar-refractivity contribution is 6.33. The van der Waals surface area contributed by atoms with Gasteiger partial charge in [-0.2, -0.15) is 5.10 Å². The van der Waals surface area contributed by atoms with Crippen molar-refractivity contribution in [3.05, 3.63) is 53.3 Å². The summed E-state index contributed by atoms with van der Waals surface area (Å²) in [5.41, 5.74) is 10.4. The van der Waals surface area contributed by atoms with E-state index in [2.05, 4.69) is 15.2 Å². The van der Waals surface area contributed by atoms with Crippen molar-refractivity contribution in [3.8, 4) is 22.4 Å². The third-order valence-corrected chi connectivity index (χ3v) is 3.54. The topological polar surface area (TPSA) is 67.6 Å². The van der Waals surface area contributed by atoms with Gasteiger partial charge in [-0.15, -0.1) is 0 Å². The lowest BCUT2D eigenvalue weighted by Gasteiger charge is -2.08. The summed E-state index contributed by atoms with van der Waals surface area (Å²) in [5, 5.41) is 7.74. The maximum Gasteiger partial charge on any atom is 0.153 e. The number of nitrogens with two attached hydrogens (primary N) is 1. The van der Waals surface area contributed by atoms with Crippen LogP contribution in [0.15, 0.2) is 42.6 Å². The van der Waals surface area contributed by atoms with Crippen LogP contribution in [0.2, 0.25) is 5.02 Å². The quantitative estimate of drug-likeness (QED) is 0.754. The van der Waals surface area contributed by atoms with Crippen LogP contribution in [-0.2, 0) is 0 Å². The third kappa shape index (κ3) is 2.04. The average Bonchev–Trinajstić information content (AvgIpc) is 2.82. The highest BCUT2D eigenvalue weighted by atomic mass is 35.5. The minimum Gasteiger partial charge on any atom is -0.382 e. The van der Waals surface area contributed by atoms with Gasteiger partial charge < -0.3 is 5.73 Å². The van der Waals surface area contributed by atoms with E-state index in [0.29, 0.717) is 10.8 Å². The number of aryl methyl sites for hydroxylation is 1. The second kappa shape index (κ2) is 4.98. The Bertz CT molecular complexity index is 764. The summed E-state index contributed by atoms with van der Waals surface area (Å²) in [4.78, 5) is 4.30. The number of nitrogens with one attached hydrogen (secondary N) is 1. The van der Waals surface area contributed by atoms with Gasteiger partial charge in [-0.25, -0.2) is 0 Å². The summed E-state index contributed by atoms with van der Waals surface area (Å²) in [6, 6.07) is 11.4. The van der Waals surface area contributed by atoms with Gasteiger partial charge in [0.1, 0.15) is 0 Å². The Kier molecular flexibility index (Phi) is 3.16. The van der Waals surface area contributed by atoms with Gasteiger partial charge in [0.25, 0.3) is 0 Å². The molecule has 0 radical (unpaired) electrons. The van der Waals surface area contributed by atoms with Crippen LogP contribution in [0.1, 0.15) is 5.69 Å². The Morgan fingerprint density at radius 3 is 2.60 bits per heavy atom. The molecular formula is C15H13ClN4. The zero-order valence-electron chi connectivity index (χ0n) is 10.9. The van der Waals surface area contributed by atoms with Crippen molar-refractivity contribution in [2.45, 2.75) is 6.92 Å². The van der Waals surface area contributed by atoms with Crippen LogP contribution in [0.5, 0.6) is 0 Å². The molecule has 0 unspecified atom stereocenters. The smallest absolute Gasteiger partial charge is 0.153 e. The number of nitrogens with zero attached hydrogens (tertiary/aromatic N) is 2. The first-order chi connectivity index (χ1) is 9.68. The van der Waals surface area contributed by atoms with Crippen LogP contribution in [0, 0.1) is 6.92 Å². The van der Waals surface area contributed by atoms with Crippen molar-refractivity contribution in [1.29, 1.82) is 0 Å². The lowest BCUT2D eigenvalue weighted by Crippen LogP contribution is -1.91. The van der Waals surface area contributed by atoms with E-state index in [-0.39, 0.29) is 0 Å². The second-order valence-corrected chi connectivity index (χ2v) is 4.88. The zero-order chi connectivity index (χ0) is 14.1. The number of pyridine rings is 1. The lowest BCUT2D eigenvalue weighted by atomic mass is 10.00. The molecule has 20 heavy (non-hydrogen) atoms. The first-order valence-corrected chi connectivity index (χ1v) is 6.57. The van der Waals surface area contributed by atoms with Gasteiger partial charge >= 0.3 is 0 Å². The van der Waals surface area contributed by atoms with Crippen molar-refractivity contribution in [3.63, 3.8) is 0 Å². The molecule has 4 nitrogen and oxygen atoms in total. The molecule has 0 spiro atoms. The molecule has 1 aromatic carbocycles. The van der Waals surface area contributed by atoms with Gasteiger partial charge in [0.2, 0.25) is 0 Å². The standard InChI is InChI=1S/C15H13ClN4/c1-9-10(6-4-8-18-9)14-13(15(17)20-19-14)11-5-2-3-7-12(11)16/h2-8H,1H3,(H3,17,19,20). The number of aromatic amines is 1. The molecule has 2 heterocycles. The van der Waals surface area contributed by atoms with Crippen LogP contribution in [0.25, 0.3) is 22.4 Å². The van der Waals surface area contributed by atoms with Gasteiger partial charge in [0.05, 0.1) is 11.3 Å². The molecule has 0 amide bonds. The van der Waals surface area contributed by atoms with Crippen LogP contribution in [0.3, 0.4) is 0 Å². The number of aromatic nitrogens is 3. The molecule has 2 aromatic heterocycles. The number of rotatable bonds is 2. The Balaban J connectivity index is 2.26. The molecule has 5 heteroatoms. The van der Waals surface area contributed by atoms with E-state index in [0.717, 1.165) is 28.1 Å². The van der Waals surface area contributed by atoms with Crippen LogP contribution in [-0.4, -0.2) is 15.2 Å². The largest absolute Gasteiger partial charge is 0.382 e. The molecule has 0 saturated heterocycles. The van der Waals surface area contributed by atoms with E-state index < -0.39 is 0 Å². The van der Waals surface area contributed by atoms with Crippen molar-refractivity contribution >= 4 is 17.4 Å². The molecule has 3 aromatic rings. The fourth-order valence-electron chi connectivity index (χ4n) is 2.24. The molecule has 0 atom stereocenters. The normalized spacial score (nSPS) is 10.7. The van der Waals surface area contributed by atoms with E-state index >= 15 is 0 Å². The highest BCUT2D eigenvalue weighted by Gasteiger charge is 2.18. The fraction of sp³-hybridized carbons (Fsp3) is 0.0667. The minimum atomic E-state index is 0.427. The molecule has 100 valence electrons. The van der Waals surface area contributed by atoms with Crippen molar-refractivity contribution in [2.24, 2.45) is 0 Å². The Hall–Kier alpha value is -2.33. The van der Waals surface area contributed by atoms with Gasteiger partial charge in [0, 0.05) is 28.0 Å². The van der Waals surface area contributed by atoms with Gasteiger partial charge in [0.15, 0.2) is 5.82 Å². The van der Waals surface area contributed by atoms with E-state index in [1.54, 1.807) is 6.20 Å². The van der Waals surface area contributed by atoms with Crippen LogP contribution < -0.4 is 5.73 Å². The summed E-state index contributed by atoms with van der Waals surface area (Å²) in [6.07, 6.45) is 1.76. The molecule has 0 aliphatic carbocycles. The van der Waals surface area contributed by atoms with Gasteiger partial charge in [-0.1, -0.05) is 29.8 Å². The Morgan fingerprint density at radius 2 is 1.85 bits per heavy atom. The molecule has 0 bridgehead atoms. The molecule has 3 N–H and O–H groups in total. The van der Waals surface area contributed by atoms with Gasteiger partial charge in [-0.05, 0) is 25.1 Å². The van der Waals surface area contributed by atoms with Crippen molar-refractivity contribution in [2.75, 3.05) is 5.73 Å².